The van der Waals surface area contributed by atoms with Gasteiger partial charge in [-0.3, -0.25) is 4.79 Å². The van der Waals surface area contributed by atoms with E-state index in [2.05, 4.69) is 27.5 Å². The lowest BCUT2D eigenvalue weighted by molar-refractivity contribution is 0.0949. The zero-order chi connectivity index (χ0) is 20.5. The molecule has 6 heteroatoms. The first-order valence-electron chi connectivity index (χ1n) is 9.79. The van der Waals surface area contributed by atoms with Crippen LogP contribution < -0.4 is 15.4 Å². The number of amides is 1. The summed E-state index contributed by atoms with van der Waals surface area (Å²) in [4.78, 5) is 21.7. The van der Waals surface area contributed by atoms with Crippen molar-refractivity contribution in [3.63, 3.8) is 0 Å². The number of carbonyl (C=O) groups is 1. The normalized spacial score (nSPS) is 10.4. The summed E-state index contributed by atoms with van der Waals surface area (Å²) in [6.07, 6.45) is 1.67. The molecule has 0 aliphatic heterocycles. The van der Waals surface area contributed by atoms with E-state index in [1.54, 1.807) is 13.2 Å². The molecule has 0 bridgehead atoms. The molecule has 0 saturated carbocycles. The van der Waals surface area contributed by atoms with Gasteiger partial charge in [-0.25, -0.2) is 9.97 Å². The Morgan fingerprint density at radius 3 is 2.59 bits per heavy atom. The molecule has 2 aromatic carbocycles. The van der Waals surface area contributed by atoms with Crippen LogP contribution in [0.2, 0.25) is 0 Å². The fraction of sp³-hybridized carbons (Fsp3) is 0.261. The Balaban J connectivity index is 1.72. The maximum Gasteiger partial charge on any atom is 0.270 e. The standard InChI is InChI=1S/C23H26N4O2/c1-3-13-24-21-16-20(26-22(27-21)18-9-5-4-6-10-18)23(28)25-14-12-17-8-7-11-19(15-17)29-2/h4-11,15-16H,3,12-14H2,1-2H3,(H,25,28)(H,24,26,27). The van der Waals surface area contributed by atoms with Crippen LogP contribution >= 0.6 is 0 Å². The number of nitrogens with zero attached hydrogens (tertiary/aromatic N) is 2. The van der Waals surface area contributed by atoms with Crippen molar-refractivity contribution in [3.05, 3.63) is 71.9 Å². The molecule has 0 saturated heterocycles. The number of aromatic nitrogens is 2. The Bertz CT molecular complexity index is 945. The fourth-order valence-electron chi connectivity index (χ4n) is 2.86. The number of hydrogen-bond donors (Lipinski definition) is 2. The van der Waals surface area contributed by atoms with Crippen LogP contribution in [-0.2, 0) is 6.42 Å². The van der Waals surface area contributed by atoms with Crippen LogP contribution in [0.15, 0.2) is 60.7 Å². The molecule has 2 N–H and O–H groups in total. The third-order valence-corrected chi connectivity index (χ3v) is 4.38. The predicted octanol–water partition coefficient (Wildman–Crippen LogP) is 3.95. The van der Waals surface area contributed by atoms with Crippen molar-refractivity contribution in [2.24, 2.45) is 0 Å². The molecule has 3 aromatic rings. The van der Waals surface area contributed by atoms with Gasteiger partial charge in [0.2, 0.25) is 0 Å². The Morgan fingerprint density at radius 1 is 1.00 bits per heavy atom. The van der Waals surface area contributed by atoms with Gasteiger partial charge in [-0.1, -0.05) is 49.4 Å². The van der Waals surface area contributed by atoms with Gasteiger partial charge in [0, 0.05) is 24.7 Å². The van der Waals surface area contributed by atoms with Crippen LogP contribution in [0.4, 0.5) is 5.82 Å². The quantitative estimate of drug-likeness (QED) is 0.579. The number of ether oxygens (including phenoxy) is 1. The number of methoxy groups -OCH3 is 1. The number of nitrogens with one attached hydrogen (secondary N) is 2. The lowest BCUT2D eigenvalue weighted by Gasteiger charge is -2.10. The van der Waals surface area contributed by atoms with Crippen molar-refractivity contribution >= 4 is 11.7 Å². The molecule has 0 atom stereocenters. The number of benzene rings is 2. The molecule has 6 nitrogen and oxygen atoms in total. The summed E-state index contributed by atoms with van der Waals surface area (Å²) in [5, 5.41) is 6.20. The molecule has 150 valence electrons. The van der Waals surface area contributed by atoms with Crippen molar-refractivity contribution in [2.75, 3.05) is 25.5 Å². The summed E-state index contributed by atoms with van der Waals surface area (Å²) in [6.45, 7) is 3.37. The molecule has 0 radical (unpaired) electrons. The van der Waals surface area contributed by atoms with Crippen LogP contribution in [0, 0.1) is 0 Å². The maximum atomic E-state index is 12.7. The summed E-state index contributed by atoms with van der Waals surface area (Å²) < 4.78 is 5.24. The van der Waals surface area contributed by atoms with Crippen molar-refractivity contribution in [1.29, 1.82) is 0 Å². The molecule has 0 fully saturated rings. The molecule has 0 unspecified atom stereocenters. The van der Waals surface area contributed by atoms with Crippen molar-refractivity contribution in [1.82, 2.24) is 15.3 Å². The van der Waals surface area contributed by atoms with Gasteiger partial charge in [0.1, 0.15) is 17.3 Å². The zero-order valence-corrected chi connectivity index (χ0v) is 16.8. The van der Waals surface area contributed by atoms with Crippen LogP contribution in [0.3, 0.4) is 0 Å². The highest BCUT2D eigenvalue weighted by Gasteiger charge is 2.13. The highest BCUT2D eigenvalue weighted by atomic mass is 16.5. The van der Waals surface area contributed by atoms with E-state index in [9.17, 15) is 4.79 Å². The SMILES string of the molecule is CCCNc1cc(C(=O)NCCc2cccc(OC)c2)nc(-c2ccccc2)n1. The predicted molar refractivity (Wildman–Crippen MR) is 115 cm³/mol. The molecular weight excluding hydrogens is 364 g/mol. The monoisotopic (exact) mass is 390 g/mol. The van der Waals surface area contributed by atoms with Crippen LogP contribution in [0.1, 0.15) is 29.4 Å². The molecule has 29 heavy (non-hydrogen) atoms. The number of anilines is 1. The smallest absolute Gasteiger partial charge is 0.270 e. The second-order valence-corrected chi connectivity index (χ2v) is 6.61. The van der Waals surface area contributed by atoms with Crippen molar-refractivity contribution in [3.8, 4) is 17.1 Å². The van der Waals surface area contributed by atoms with E-state index in [4.69, 9.17) is 4.74 Å². The van der Waals surface area contributed by atoms with E-state index in [1.165, 1.54) is 0 Å². The first-order chi connectivity index (χ1) is 14.2. The van der Waals surface area contributed by atoms with E-state index in [-0.39, 0.29) is 5.91 Å². The van der Waals surface area contributed by atoms with Crippen LogP contribution in [0.25, 0.3) is 11.4 Å². The highest BCUT2D eigenvalue weighted by molar-refractivity contribution is 5.93. The Labute approximate surface area is 171 Å². The van der Waals surface area contributed by atoms with Gasteiger partial charge in [-0.05, 0) is 30.5 Å². The van der Waals surface area contributed by atoms with Gasteiger partial charge in [-0.2, -0.15) is 0 Å². The van der Waals surface area contributed by atoms with Crippen LogP contribution in [-0.4, -0.2) is 36.1 Å². The largest absolute Gasteiger partial charge is 0.497 e. The minimum Gasteiger partial charge on any atom is -0.497 e. The van der Waals surface area contributed by atoms with Gasteiger partial charge < -0.3 is 15.4 Å². The lowest BCUT2D eigenvalue weighted by atomic mass is 10.1. The molecule has 0 spiro atoms. The third kappa shape index (κ3) is 5.78. The van der Waals surface area contributed by atoms with Gasteiger partial charge in [0.15, 0.2) is 5.82 Å². The minimum absolute atomic E-state index is 0.216. The van der Waals surface area contributed by atoms with Gasteiger partial charge in [0.25, 0.3) is 5.91 Å². The lowest BCUT2D eigenvalue weighted by Crippen LogP contribution is -2.27. The summed E-state index contributed by atoms with van der Waals surface area (Å²) >= 11 is 0. The molecule has 1 aromatic heterocycles. The Hall–Kier alpha value is -3.41. The van der Waals surface area contributed by atoms with Gasteiger partial charge in [-0.15, -0.1) is 0 Å². The second kappa shape index (κ2) is 10.2. The molecule has 1 amide bonds. The zero-order valence-electron chi connectivity index (χ0n) is 16.8. The summed E-state index contributed by atoms with van der Waals surface area (Å²) in [5.74, 6) is 1.78. The maximum absolute atomic E-state index is 12.7. The van der Waals surface area contributed by atoms with Crippen LogP contribution in [0.5, 0.6) is 5.75 Å². The highest BCUT2D eigenvalue weighted by Crippen LogP contribution is 2.18. The van der Waals surface area contributed by atoms with Crippen molar-refractivity contribution in [2.45, 2.75) is 19.8 Å². The van der Waals surface area contributed by atoms with E-state index in [1.807, 2.05) is 54.6 Å². The Morgan fingerprint density at radius 2 is 1.83 bits per heavy atom. The van der Waals surface area contributed by atoms with Crippen molar-refractivity contribution < 1.29 is 9.53 Å². The summed E-state index contributed by atoms with van der Waals surface area (Å²) in [7, 11) is 1.64. The number of carbonyl (C=O) groups excluding carboxylic acids is 1. The summed E-state index contributed by atoms with van der Waals surface area (Å²) in [6, 6.07) is 19.2. The van der Waals surface area contributed by atoms with E-state index in [0.29, 0.717) is 30.3 Å². The van der Waals surface area contributed by atoms with Gasteiger partial charge >= 0.3 is 0 Å². The number of rotatable bonds is 9. The first-order valence-corrected chi connectivity index (χ1v) is 9.79. The fourth-order valence-corrected chi connectivity index (χ4v) is 2.86. The van der Waals surface area contributed by atoms with E-state index in [0.717, 1.165) is 29.8 Å². The minimum atomic E-state index is -0.216. The average Bonchev–Trinajstić information content (AvgIpc) is 2.78. The first kappa shape index (κ1) is 20.3. The van der Waals surface area contributed by atoms with E-state index < -0.39 is 0 Å². The molecule has 0 aliphatic carbocycles. The Kier molecular flexibility index (Phi) is 7.16. The van der Waals surface area contributed by atoms with Gasteiger partial charge in [0.05, 0.1) is 7.11 Å². The topological polar surface area (TPSA) is 76.1 Å². The second-order valence-electron chi connectivity index (χ2n) is 6.61. The molecule has 0 aliphatic rings. The molecule has 3 rings (SSSR count). The molecular formula is C23H26N4O2. The average molecular weight is 390 g/mol. The van der Waals surface area contributed by atoms with E-state index >= 15 is 0 Å². The number of hydrogen-bond acceptors (Lipinski definition) is 5. The molecule has 1 heterocycles. The summed E-state index contributed by atoms with van der Waals surface area (Å²) in [5.41, 5.74) is 2.32. The third-order valence-electron chi connectivity index (χ3n) is 4.38.